The Balaban J connectivity index is 1.74. The second-order valence-corrected chi connectivity index (χ2v) is 4.82. The molecule has 0 unspecified atom stereocenters. The van der Waals surface area contributed by atoms with Crippen molar-refractivity contribution in [2.24, 2.45) is 5.92 Å². The smallest absolute Gasteiger partial charge is 0.269 e. The number of rotatable bonds is 5. The van der Waals surface area contributed by atoms with E-state index in [1.807, 2.05) is 6.92 Å². The van der Waals surface area contributed by atoms with Gasteiger partial charge < -0.3 is 14.8 Å². The van der Waals surface area contributed by atoms with Gasteiger partial charge in [-0.05, 0) is 18.9 Å². The molecular weight excluding hydrogens is 234 g/mol. The zero-order valence-electron chi connectivity index (χ0n) is 10.7. The molecule has 6 nitrogen and oxygen atoms in total. The summed E-state index contributed by atoms with van der Waals surface area (Å²) in [5.41, 5.74) is 0.474. The van der Waals surface area contributed by atoms with Crippen molar-refractivity contribution in [3.05, 3.63) is 18.0 Å². The van der Waals surface area contributed by atoms with E-state index in [4.69, 9.17) is 9.47 Å². The molecule has 18 heavy (non-hydrogen) atoms. The minimum atomic E-state index is -0.502. The van der Waals surface area contributed by atoms with E-state index < -0.39 is 5.79 Å². The highest BCUT2D eigenvalue weighted by Gasteiger charge is 2.32. The lowest BCUT2D eigenvalue weighted by Crippen LogP contribution is -2.34. The van der Waals surface area contributed by atoms with Crippen LogP contribution in [0.3, 0.4) is 0 Å². The zero-order chi connectivity index (χ0) is 13.0. The molecule has 1 fully saturated rings. The number of nitrogens with zero attached hydrogens (tertiary/aromatic N) is 1. The van der Waals surface area contributed by atoms with E-state index >= 15 is 0 Å². The maximum atomic E-state index is 11.7. The summed E-state index contributed by atoms with van der Waals surface area (Å²) >= 11 is 0. The van der Waals surface area contributed by atoms with E-state index in [0.29, 0.717) is 25.5 Å². The minimum Gasteiger partial charge on any atom is -0.350 e. The standard InChI is InChI=1S/C12H19N3O3/c1-9(7-12(2)17-5-6-18-12)8-13-11(16)10-3-4-14-15-10/h3-4,9H,5-8H2,1-2H3,(H,13,16)(H,14,15)/t9-/m1/s1. The number of hydrogen-bond acceptors (Lipinski definition) is 4. The molecule has 1 atom stereocenters. The van der Waals surface area contributed by atoms with Gasteiger partial charge in [0, 0.05) is 19.2 Å². The highest BCUT2D eigenvalue weighted by molar-refractivity contribution is 5.92. The average molecular weight is 253 g/mol. The fraction of sp³-hybridized carbons (Fsp3) is 0.667. The molecule has 0 aromatic carbocycles. The minimum absolute atomic E-state index is 0.141. The number of aromatic amines is 1. The van der Waals surface area contributed by atoms with Crippen molar-refractivity contribution in [2.75, 3.05) is 19.8 Å². The van der Waals surface area contributed by atoms with Gasteiger partial charge in [-0.25, -0.2) is 0 Å². The molecule has 2 N–H and O–H groups in total. The average Bonchev–Trinajstić information content (AvgIpc) is 2.97. The zero-order valence-corrected chi connectivity index (χ0v) is 10.7. The molecule has 0 bridgehead atoms. The Hall–Kier alpha value is -1.40. The Morgan fingerprint density at radius 1 is 1.61 bits per heavy atom. The number of ether oxygens (including phenoxy) is 2. The van der Waals surface area contributed by atoms with Crippen LogP contribution in [0.1, 0.15) is 30.8 Å². The van der Waals surface area contributed by atoms with E-state index in [2.05, 4.69) is 22.4 Å². The van der Waals surface area contributed by atoms with Gasteiger partial charge >= 0.3 is 0 Å². The van der Waals surface area contributed by atoms with Crippen LogP contribution in [0.15, 0.2) is 12.3 Å². The third kappa shape index (κ3) is 3.30. The van der Waals surface area contributed by atoms with E-state index in [0.717, 1.165) is 6.42 Å². The normalized spacial score (nSPS) is 19.7. The van der Waals surface area contributed by atoms with E-state index in [9.17, 15) is 4.79 Å². The summed E-state index contributed by atoms with van der Waals surface area (Å²) in [5, 5.41) is 9.22. The Morgan fingerprint density at radius 3 is 2.94 bits per heavy atom. The summed E-state index contributed by atoms with van der Waals surface area (Å²) in [6, 6.07) is 1.64. The molecular formula is C12H19N3O3. The van der Waals surface area contributed by atoms with Gasteiger partial charge in [0.15, 0.2) is 5.79 Å². The van der Waals surface area contributed by atoms with Crippen molar-refractivity contribution in [1.82, 2.24) is 15.5 Å². The van der Waals surface area contributed by atoms with Crippen molar-refractivity contribution in [3.8, 4) is 0 Å². The van der Waals surface area contributed by atoms with Crippen LogP contribution in [0.4, 0.5) is 0 Å². The van der Waals surface area contributed by atoms with Crippen LogP contribution in [0.2, 0.25) is 0 Å². The van der Waals surface area contributed by atoms with Crippen molar-refractivity contribution < 1.29 is 14.3 Å². The number of nitrogens with one attached hydrogen (secondary N) is 2. The van der Waals surface area contributed by atoms with E-state index in [1.54, 1.807) is 12.3 Å². The summed E-state index contributed by atoms with van der Waals surface area (Å²) < 4.78 is 11.1. The number of hydrogen-bond donors (Lipinski definition) is 2. The quantitative estimate of drug-likeness (QED) is 0.818. The Kier molecular flexibility index (Phi) is 3.98. The number of H-pyrrole nitrogens is 1. The summed E-state index contributed by atoms with van der Waals surface area (Å²) in [4.78, 5) is 11.7. The summed E-state index contributed by atoms with van der Waals surface area (Å²) in [5.74, 6) is -0.365. The number of amides is 1. The van der Waals surface area contributed by atoms with Crippen LogP contribution in [-0.2, 0) is 9.47 Å². The molecule has 1 aliphatic rings. The summed E-state index contributed by atoms with van der Waals surface area (Å²) in [7, 11) is 0. The van der Waals surface area contributed by atoms with Gasteiger partial charge in [0.1, 0.15) is 5.69 Å². The van der Waals surface area contributed by atoms with Gasteiger partial charge in [-0.1, -0.05) is 6.92 Å². The Labute approximate surface area is 106 Å². The highest BCUT2D eigenvalue weighted by atomic mass is 16.7. The molecule has 1 aromatic heterocycles. The van der Waals surface area contributed by atoms with Crippen molar-refractivity contribution in [3.63, 3.8) is 0 Å². The summed E-state index contributed by atoms with van der Waals surface area (Å²) in [6.07, 6.45) is 2.32. The Morgan fingerprint density at radius 2 is 2.33 bits per heavy atom. The molecule has 6 heteroatoms. The lowest BCUT2D eigenvalue weighted by molar-refractivity contribution is -0.153. The molecule has 0 radical (unpaired) electrons. The van der Waals surface area contributed by atoms with Gasteiger partial charge in [0.2, 0.25) is 0 Å². The van der Waals surface area contributed by atoms with Crippen LogP contribution in [0.5, 0.6) is 0 Å². The van der Waals surface area contributed by atoms with Crippen LogP contribution in [-0.4, -0.2) is 41.7 Å². The predicted octanol–water partition coefficient (Wildman–Crippen LogP) is 0.929. The molecule has 0 saturated carbocycles. The van der Waals surface area contributed by atoms with Crippen LogP contribution in [0, 0.1) is 5.92 Å². The molecule has 2 heterocycles. The summed E-state index contributed by atoms with van der Waals surface area (Å²) in [6.45, 7) is 5.87. The van der Waals surface area contributed by atoms with Crippen molar-refractivity contribution in [2.45, 2.75) is 26.1 Å². The van der Waals surface area contributed by atoms with Crippen molar-refractivity contribution >= 4 is 5.91 Å². The fourth-order valence-electron chi connectivity index (χ4n) is 2.12. The second kappa shape index (κ2) is 5.49. The first-order valence-corrected chi connectivity index (χ1v) is 6.14. The van der Waals surface area contributed by atoms with Gasteiger partial charge in [-0.2, -0.15) is 5.10 Å². The lowest BCUT2D eigenvalue weighted by atomic mass is 10.0. The lowest BCUT2D eigenvalue weighted by Gasteiger charge is -2.25. The number of carbonyl (C=O) groups excluding carboxylic acids is 1. The molecule has 1 amide bonds. The molecule has 100 valence electrons. The first kappa shape index (κ1) is 13.0. The van der Waals surface area contributed by atoms with Gasteiger partial charge in [-0.15, -0.1) is 0 Å². The first-order valence-electron chi connectivity index (χ1n) is 6.14. The molecule has 0 aliphatic carbocycles. The fourth-order valence-corrected chi connectivity index (χ4v) is 2.12. The number of aromatic nitrogens is 2. The topological polar surface area (TPSA) is 76.2 Å². The van der Waals surface area contributed by atoms with Gasteiger partial charge in [0.25, 0.3) is 5.91 Å². The maximum Gasteiger partial charge on any atom is 0.269 e. The number of carbonyl (C=O) groups is 1. The first-order chi connectivity index (χ1) is 8.59. The van der Waals surface area contributed by atoms with Gasteiger partial charge in [-0.3, -0.25) is 9.89 Å². The molecule has 0 spiro atoms. The van der Waals surface area contributed by atoms with Gasteiger partial charge in [0.05, 0.1) is 13.2 Å². The molecule has 1 saturated heterocycles. The largest absolute Gasteiger partial charge is 0.350 e. The SMILES string of the molecule is C[C@@H](CNC(=O)c1ccn[nH]1)CC1(C)OCCO1. The third-order valence-corrected chi connectivity index (χ3v) is 2.97. The van der Waals surface area contributed by atoms with Crippen LogP contribution < -0.4 is 5.32 Å². The molecule has 1 aromatic rings. The van der Waals surface area contributed by atoms with Crippen LogP contribution in [0.25, 0.3) is 0 Å². The van der Waals surface area contributed by atoms with Crippen LogP contribution >= 0.6 is 0 Å². The second-order valence-electron chi connectivity index (χ2n) is 4.82. The molecule has 1 aliphatic heterocycles. The van der Waals surface area contributed by atoms with Crippen molar-refractivity contribution in [1.29, 1.82) is 0 Å². The third-order valence-electron chi connectivity index (χ3n) is 2.97. The predicted molar refractivity (Wildman–Crippen MR) is 65.0 cm³/mol. The Bertz CT molecular complexity index is 385. The molecule has 2 rings (SSSR count). The van der Waals surface area contributed by atoms with E-state index in [1.165, 1.54) is 0 Å². The highest BCUT2D eigenvalue weighted by Crippen LogP contribution is 2.26. The maximum absolute atomic E-state index is 11.7. The monoisotopic (exact) mass is 253 g/mol. The van der Waals surface area contributed by atoms with E-state index in [-0.39, 0.29) is 11.8 Å².